The zero-order valence-corrected chi connectivity index (χ0v) is 8.10. The number of aliphatic carboxylic acids is 1. The summed E-state index contributed by atoms with van der Waals surface area (Å²) >= 11 is 0. The zero-order valence-electron chi connectivity index (χ0n) is 8.10. The van der Waals surface area contributed by atoms with E-state index < -0.39 is 29.9 Å². The molecule has 0 heterocycles. The Morgan fingerprint density at radius 2 is 1.75 bits per heavy atom. The number of nitrogens with two attached hydrogens (primary N) is 1. The lowest BCUT2D eigenvalue weighted by Gasteiger charge is -2.06. The van der Waals surface area contributed by atoms with E-state index in [-0.39, 0.29) is 11.3 Å². The van der Waals surface area contributed by atoms with E-state index in [1.54, 1.807) is 0 Å². The van der Waals surface area contributed by atoms with Gasteiger partial charge in [0, 0.05) is 5.56 Å². The monoisotopic (exact) mass is 226 g/mol. The molecule has 16 heavy (non-hydrogen) atoms. The molecule has 0 saturated heterocycles. The number of benzene rings is 1. The van der Waals surface area contributed by atoms with Crippen LogP contribution in [0.25, 0.3) is 0 Å². The number of carboxylic acids is 1. The van der Waals surface area contributed by atoms with Gasteiger partial charge in [-0.15, -0.1) is 0 Å². The van der Waals surface area contributed by atoms with Crippen molar-refractivity contribution in [3.8, 4) is 11.5 Å². The predicted molar refractivity (Wildman–Crippen MR) is 54.2 cm³/mol. The van der Waals surface area contributed by atoms with Crippen molar-refractivity contribution < 1.29 is 24.9 Å². The number of hydrogen-bond donors (Lipinski definition) is 5. The maximum absolute atomic E-state index is 11.3. The van der Waals surface area contributed by atoms with E-state index in [0.29, 0.717) is 0 Å². The molecule has 0 saturated carbocycles. The first-order chi connectivity index (χ1) is 7.41. The van der Waals surface area contributed by atoms with Crippen LogP contribution < -0.4 is 11.1 Å². The molecule has 0 spiro atoms. The summed E-state index contributed by atoms with van der Waals surface area (Å²) < 4.78 is 0. The van der Waals surface area contributed by atoms with Crippen LogP contribution in [-0.2, 0) is 4.79 Å². The minimum Gasteiger partial charge on any atom is -0.506 e. The van der Waals surface area contributed by atoms with E-state index in [4.69, 9.17) is 10.8 Å². The second kappa shape index (κ2) is 4.39. The number of nitrogen functional groups attached to an aromatic ring is 1. The van der Waals surface area contributed by atoms with Crippen molar-refractivity contribution in [2.45, 2.75) is 0 Å². The Morgan fingerprint density at radius 3 is 2.19 bits per heavy atom. The molecule has 0 fully saturated rings. The Labute approximate surface area is 90.1 Å². The van der Waals surface area contributed by atoms with Gasteiger partial charge in [-0.3, -0.25) is 9.59 Å². The average molecular weight is 226 g/mol. The average Bonchev–Trinajstić information content (AvgIpc) is 2.21. The Bertz CT molecular complexity index is 421. The van der Waals surface area contributed by atoms with Gasteiger partial charge in [-0.1, -0.05) is 0 Å². The molecule has 1 aromatic rings. The number of anilines is 1. The highest BCUT2D eigenvalue weighted by Crippen LogP contribution is 2.30. The Kier molecular flexibility index (Phi) is 3.19. The van der Waals surface area contributed by atoms with Crippen LogP contribution in [0.15, 0.2) is 12.1 Å². The summed E-state index contributed by atoms with van der Waals surface area (Å²) in [6.45, 7) is -0.551. The van der Waals surface area contributed by atoms with E-state index in [0.717, 1.165) is 12.1 Å². The predicted octanol–water partition coefficient (Wildman–Crippen LogP) is -0.506. The summed E-state index contributed by atoms with van der Waals surface area (Å²) in [5, 5.41) is 28.9. The first kappa shape index (κ1) is 11.6. The molecular formula is C9H10N2O5. The Morgan fingerprint density at radius 1 is 1.25 bits per heavy atom. The molecule has 7 heteroatoms. The van der Waals surface area contributed by atoms with Gasteiger partial charge < -0.3 is 26.4 Å². The van der Waals surface area contributed by atoms with Crippen molar-refractivity contribution in [1.29, 1.82) is 0 Å². The van der Waals surface area contributed by atoms with Crippen LogP contribution in [0.4, 0.5) is 5.69 Å². The standard InChI is InChI=1S/C9H10N2O5/c10-8-5(12)1-4(2-6(8)13)9(16)11-3-7(14)15/h1-2,12-13H,3,10H2,(H,11,16)(H,14,15). The number of nitrogens with one attached hydrogen (secondary N) is 1. The number of carboxylic acid groups (broad SMARTS) is 1. The summed E-state index contributed by atoms with van der Waals surface area (Å²) in [5.74, 6) is -2.81. The van der Waals surface area contributed by atoms with Gasteiger partial charge in [-0.2, -0.15) is 0 Å². The van der Waals surface area contributed by atoms with Gasteiger partial charge in [-0.25, -0.2) is 0 Å². The van der Waals surface area contributed by atoms with Crippen molar-refractivity contribution in [2.24, 2.45) is 0 Å². The van der Waals surface area contributed by atoms with Crippen molar-refractivity contribution in [2.75, 3.05) is 12.3 Å². The van der Waals surface area contributed by atoms with Gasteiger partial charge in [0.2, 0.25) is 0 Å². The second-order valence-electron chi connectivity index (χ2n) is 3.00. The third kappa shape index (κ3) is 2.53. The SMILES string of the molecule is Nc1c(O)cc(C(=O)NCC(=O)O)cc1O. The molecular weight excluding hydrogens is 216 g/mol. The van der Waals surface area contributed by atoms with Crippen LogP contribution in [-0.4, -0.2) is 33.7 Å². The number of amides is 1. The molecule has 1 amide bonds. The smallest absolute Gasteiger partial charge is 0.322 e. The van der Waals surface area contributed by atoms with E-state index in [1.807, 2.05) is 0 Å². The van der Waals surface area contributed by atoms with Crippen molar-refractivity contribution in [3.05, 3.63) is 17.7 Å². The van der Waals surface area contributed by atoms with E-state index in [9.17, 15) is 19.8 Å². The lowest BCUT2D eigenvalue weighted by atomic mass is 10.1. The second-order valence-corrected chi connectivity index (χ2v) is 3.00. The topological polar surface area (TPSA) is 133 Å². The van der Waals surface area contributed by atoms with Crippen LogP contribution >= 0.6 is 0 Å². The Balaban J connectivity index is 2.88. The number of carbonyl (C=O) groups is 2. The highest BCUT2D eigenvalue weighted by atomic mass is 16.4. The normalized spacial score (nSPS) is 9.75. The molecule has 0 bridgehead atoms. The number of phenolic OH excluding ortho intramolecular Hbond substituents is 2. The number of carbonyl (C=O) groups excluding carboxylic acids is 1. The van der Waals surface area contributed by atoms with Gasteiger partial charge in [-0.05, 0) is 12.1 Å². The highest BCUT2D eigenvalue weighted by molar-refractivity contribution is 5.97. The minimum absolute atomic E-state index is 0.0783. The fraction of sp³-hybridized carbons (Fsp3) is 0.111. The van der Waals surface area contributed by atoms with Gasteiger partial charge in [0.25, 0.3) is 5.91 Å². The van der Waals surface area contributed by atoms with E-state index >= 15 is 0 Å². The zero-order chi connectivity index (χ0) is 12.3. The van der Waals surface area contributed by atoms with Crippen LogP contribution in [0.1, 0.15) is 10.4 Å². The fourth-order valence-electron chi connectivity index (χ4n) is 1.01. The molecule has 0 aliphatic carbocycles. The third-order valence-corrected chi connectivity index (χ3v) is 1.80. The van der Waals surface area contributed by atoms with Gasteiger partial charge in [0.15, 0.2) is 0 Å². The van der Waals surface area contributed by atoms with Crippen LogP contribution in [0.5, 0.6) is 11.5 Å². The molecule has 86 valence electrons. The summed E-state index contributed by atoms with van der Waals surface area (Å²) in [6, 6.07) is 2.07. The van der Waals surface area contributed by atoms with Gasteiger partial charge >= 0.3 is 5.97 Å². The number of phenols is 2. The first-order valence-corrected chi connectivity index (χ1v) is 4.23. The fourth-order valence-corrected chi connectivity index (χ4v) is 1.01. The number of rotatable bonds is 3. The van der Waals surface area contributed by atoms with Crippen molar-refractivity contribution in [1.82, 2.24) is 5.32 Å². The summed E-state index contributed by atoms with van der Waals surface area (Å²) in [6.07, 6.45) is 0. The van der Waals surface area contributed by atoms with Gasteiger partial charge in [0.1, 0.15) is 23.7 Å². The Hall–Kier alpha value is -2.44. The highest BCUT2D eigenvalue weighted by Gasteiger charge is 2.12. The molecule has 1 rings (SSSR count). The van der Waals surface area contributed by atoms with Crippen LogP contribution in [0, 0.1) is 0 Å². The maximum Gasteiger partial charge on any atom is 0.322 e. The number of hydrogen-bond acceptors (Lipinski definition) is 5. The molecule has 0 radical (unpaired) electrons. The van der Waals surface area contributed by atoms with E-state index in [2.05, 4.69) is 5.32 Å². The summed E-state index contributed by atoms with van der Waals surface area (Å²) in [7, 11) is 0. The lowest BCUT2D eigenvalue weighted by molar-refractivity contribution is -0.135. The molecule has 1 aromatic carbocycles. The van der Waals surface area contributed by atoms with Crippen molar-refractivity contribution >= 4 is 17.6 Å². The first-order valence-electron chi connectivity index (χ1n) is 4.23. The molecule has 0 aliphatic heterocycles. The molecule has 0 atom stereocenters. The third-order valence-electron chi connectivity index (χ3n) is 1.80. The van der Waals surface area contributed by atoms with Crippen molar-refractivity contribution in [3.63, 3.8) is 0 Å². The molecule has 0 aromatic heterocycles. The number of aromatic hydroxyl groups is 2. The largest absolute Gasteiger partial charge is 0.506 e. The summed E-state index contributed by atoms with van der Waals surface area (Å²) in [5.41, 5.74) is 4.93. The molecule has 0 aliphatic rings. The lowest BCUT2D eigenvalue weighted by Crippen LogP contribution is -2.29. The molecule has 0 unspecified atom stereocenters. The minimum atomic E-state index is -1.20. The molecule has 6 N–H and O–H groups in total. The van der Waals surface area contributed by atoms with Crippen LogP contribution in [0.3, 0.4) is 0 Å². The van der Waals surface area contributed by atoms with Gasteiger partial charge in [0.05, 0.1) is 0 Å². The van der Waals surface area contributed by atoms with Crippen LogP contribution in [0.2, 0.25) is 0 Å². The molecule has 7 nitrogen and oxygen atoms in total. The summed E-state index contributed by atoms with van der Waals surface area (Å²) in [4.78, 5) is 21.5. The quantitative estimate of drug-likeness (QED) is 0.348. The maximum atomic E-state index is 11.3. The van der Waals surface area contributed by atoms with E-state index in [1.165, 1.54) is 0 Å².